The van der Waals surface area contributed by atoms with E-state index < -0.39 is 35.4 Å². The summed E-state index contributed by atoms with van der Waals surface area (Å²) in [6, 6.07) is 11.4. The summed E-state index contributed by atoms with van der Waals surface area (Å²) in [5.74, 6) is -0.541. The lowest BCUT2D eigenvalue weighted by Crippen LogP contribution is -2.75. The number of rotatable bonds is 2. The van der Waals surface area contributed by atoms with Crippen molar-refractivity contribution in [3.8, 4) is 22.8 Å². The lowest BCUT2D eigenvalue weighted by atomic mass is 9.66. The first kappa shape index (κ1) is 22.7. The fraction of sp³-hybridized carbons (Fsp3) is 0.320. The van der Waals surface area contributed by atoms with Crippen LogP contribution in [0.3, 0.4) is 0 Å². The van der Waals surface area contributed by atoms with Crippen LogP contribution in [0.1, 0.15) is 19.4 Å². The molecule has 3 aliphatic heterocycles. The number of carbonyl (C=O) groups excluding carboxylic acids is 3. The van der Waals surface area contributed by atoms with Gasteiger partial charge < -0.3 is 14.2 Å². The molecule has 0 aliphatic carbocycles. The van der Waals surface area contributed by atoms with E-state index in [1.165, 1.54) is 0 Å². The number of amides is 4. The second kappa shape index (κ2) is 8.14. The third kappa shape index (κ3) is 3.40. The number of hydrogen-bond donors (Lipinski definition) is 2. The fourth-order valence-electron chi connectivity index (χ4n) is 5.64. The van der Waals surface area contributed by atoms with Crippen LogP contribution in [-0.4, -0.2) is 52.8 Å². The zero-order valence-electron chi connectivity index (χ0n) is 19.4. The first-order valence-corrected chi connectivity index (χ1v) is 12.0. The van der Waals surface area contributed by atoms with Crippen molar-refractivity contribution in [2.75, 3.05) is 11.4 Å². The van der Waals surface area contributed by atoms with E-state index in [-0.39, 0.29) is 12.5 Å². The lowest BCUT2D eigenvalue weighted by Gasteiger charge is -2.55. The number of nitrogens with one attached hydrogen (secondary N) is 2. The Hall–Kier alpha value is -3.76. The Bertz CT molecular complexity index is 1380. The molecule has 3 atom stereocenters. The van der Waals surface area contributed by atoms with Crippen LogP contribution >= 0.6 is 11.6 Å². The number of benzene rings is 2. The number of urea groups is 1. The minimum atomic E-state index is -1.54. The highest BCUT2D eigenvalue weighted by Crippen LogP contribution is 2.47. The molecule has 0 bridgehead atoms. The van der Waals surface area contributed by atoms with Crippen molar-refractivity contribution in [2.24, 2.45) is 5.41 Å². The standard InChI is InChI=1S/C25H22ClN5O5/c1-12-11-31-18-8-5-15(20-27-21(36-30-20)14-3-6-17(26)7-4-14)9-16(18)10-25(19(31)13(2)35-12)22(32)28-24(34)29-23(25)33/h3-9,12-13,19H,10-11H2,1-2H3,(H2,28,29,32,33,34)/t12-,13+,19-/m1/s1. The largest absolute Gasteiger partial charge is 0.372 e. The molecular weight excluding hydrogens is 486 g/mol. The van der Waals surface area contributed by atoms with E-state index in [0.29, 0.717) is 28.8 Å². The van der Waals surface area contributed by atoms with E-state index >= 15 is 0 Å². The van der Waals surface area contributed by atoms with Gasteiger partial charge in [0, 0.05) is 28.4 Å². The van der Waals surface area contributed by atoms with Crippen molar-refractivity contribution in [1.82, 2.24) is 20.8 Å². The Morgan fingerprint density at radius 1 is 1.03 bits per heavy atom. The van der Waals surface area contributed by atoms with Crippen molar-refractivity contribution in [1.29, 1.82) is 0 Å². The predicted molar refractivity (Wildman–Crippen MR) is 129 cm³/mol. The number of fused-ring (bicyclic) bond motifs is 4. The average Bonchev–Trinajstić information content (AvgIpc) is 3.32. The molecule has 1 aromatic heterocycles. The maximum atomic E-state index is 13.3. The van der Waals surface area contributed by atoms with E-state index in [0.717, 1.165) is 16.8 Å². The number of anilines is 1. The van der Waals surface area contributed by atoms with Crippen LogP contribution in [0.4, 0.5) is 10.5 Å². The molecule has 0 saturated carbocycles. The molecule has 6 rings (SSSR count). The number of barbiturate groups is 1. The Morgan fingerprint density at radius 2 is 1.72 bits per heavy atom. The highest BCUT2D eigenvalue weighted by molar-refractivity contribution is 6.30. The molecule has 184 valence electrons. The first-order chi connectivity index (χ1) is 17.3. The minimum absolute atomic E-state index is 0.0895. The average molecular weight is 508 g/mol. The molecule has 3 aromatic rings. The van der Waals surface area contributed by atoms with Crippen LogP contribution in [0.2, 0.25) is 5.02 Å². The normalized spacial score (nSPS) is 24.7. The van der Waals surface area contributed by atoms with Gasteiger partial charge in [-0.15, -0.1) is 0 Å². The number of morpholine rings is 1. The topological polar surface area (TPSA) is 127 Å². The van der Waals surface area contributed by atoms with Crippen molar-refractivity contribution in [3.63, 3.8) is 0 Å². The molecule has 2 fully saturated rings. The van der Waals surface area contributed by atoms with Gasteiger partial charge in [-0.1, -0.05) is 16.8 Å². The summed E-state index contributed by atoms with van der Waals surface area (Å²) in [6.45, 7) is 4.29. The van der Waals surface area contributed by atoms with Crippen LogP contribution in [0.15, 0.2) is 47.0 Å². The SMILES string of the molecule is C[C@@H]1CN2c3ccc(-c4noc(-c5ccc(Cl)cc5)n4)cc3CC3(C(=O)NC(=O)NC3=O)[C@H]2[C@H](C)O1. The van der Waals surface area contributed by atoms with Gasteiger partial charge in [0.15, 0.2) is 5.41 Å². The van der Waals surface area contributed by atoms with Crippen LogP contribution < -0.4 is 15.5 Å². The maximum Gasteiger partial charge on any atom is 0.328 e. The molecule has 2 aromatic carbocycles. The summed E-state index contributed by atoms with van der Waals surface area (Å²) in [4.78, 5) is 45.0. The maximum absolute atomic E-state index is 13.3. The van der Waals surface area contributed by atoms with Crippen molar-refractivity contribution >= 4 is 35.1 Å². The van der Waals surface area contributed by atoms with E-state index in [9.17, 15) is 14.4 Å². The van der Waals surface area contributed by atoms with Gasteiger partial charge in [-0.25, -0.2) is 4.79 Å². The number of ether oxygens (including phenoxy) is 1. The summed E-state index contributed by atoms with van der Waals surface area (Å²) in [7, 11) is 0. The Kier molecular flexibility index (Phi) is 5.13. The van der Waals surface area contributed by atoms with Gasteiger partial charge in [-0.05, 0) is 68.3 Å². The Morgan fingerprint density at radius 3 is 2.44 bits per heavy atom. The molecule has 2 saturated heterocycles. The number of nitrogens with zero attached hydrogens (tertiary/aromatic N) is 3. The Labute approximate surface area is 210 Å². The second-order valence-corrected chi connectivity index (χ2v) is 9.84. The van der Waals surface area contributed by atoms with Gasteiger partial charge in [0.05, 0.1) is 18.2 Å². The molecule has 4 heterocycles. The van der Waals surface area contributed by atoms with Crippen LogP contribution in [0.5, 0.6) is 0 Å². The van der Waals surface area contributed by atoms with Crippen LogP contribution in [0, 0.1) is 5.41 Å². The zero-order valence-corrected chi connectivity index (χ0v) is 20.2. The van der Waals surface area contributed by atoms with E-state index in [4.69, 9.17) is 20.9 Å². The Balaban J connectivity index is 1.43. The fourth-order valence-corrected chi connectivity index (χ4v) is 5.76. The number of carbonyl (C=O) groups is 3. The third-order valence-corrected chi connectivity index (χ3v) is 7.34. The summed E-state index contributed by atoms with van der Waals surface area (Å²) in [5.41, 5.74) is 1.53. The quantitative estimate of drug-likeness (QED) is 0.507. The highest BCUT2D eigenvalue weighted by atomic mass is 35.5. The van der Waals surface area contributed by atoms with Gasteiger partial charge in [0.2, 0.25) is 17.6 Å². The van der Waals surface area contributed by atoms with Gasteiger partial charge in [-0.2, -0.15) is 4.98 Å². The molecular formula is C25H22ClN5O5. The minimum Gasteiger partial charge on any atom is -0.372 e. The van der Waals surface area contributed by atoms with Gasteiger partial charge >= 0.3 is 6.03 Å². The number of aromatic nitrogens is 2. The molecule has 3 aliphatic rings. The van der Waals surface area contributed by atoms with Gasteiger partial charge in [0.25, 0.3) is 5.89 Å². The number of halogens is 1. The molecule has 0 radical (unpaired) electrons. The predicted octanol–water partition coefficient (Wildman–Crippen LogP) is 2.95. The molecule has 0 unspecified atom stereocenters. The lowest BCUT2D eigenvalue weighted by molar-refractivity contribution is -0.153. The molecule has 1 spiro atoms. The molecule has 2 N–H and O–H groups in total. The molecule has 11 heteroatoms. The van der Waals surface area contributed by atoms with Gasteiger partial charge in [-0.3, -0.25) is 20.2 Å². The third-order valence-electron chi connectivity index (χ3n) is 7.08. The van der Waals surface area contributed by atoms with Crippen LogP contribution in [0.25, 0.3) is 22.8 Å². The summed E-state index contributed by atoms with van der Waals surface area (Å²) < 4.78 is 11.5. The van der Waals surface area contributed by atoms with Gasteiger partial charge in [0.1, 0.15) is 0 Å². The second-order valence-electron chi connectivity index (χ2n) is 9.41. The molecule has 4 amide bonds. The summed E-state index contributed by atoms with van der Waals surface area (Å²) in [6.07, 6.45) is -0.452. The number of hydrogen-bond acceptors (Lipinski definition) is 8. The highest BCUT2D eigenvalue weighted by Gasteiger charge is 2.62. The van der Waals surface area contributed by atoms with E-state index in [1.54, 1.807) is 24.3 Å². The van der Waals surface area contributed by atoms with Crippen LogP contribution in [-0.2, 0) is 20.7 Å². The monoisotopic (exact) mass is 507 g/mol. The van der Waals surface area contributed by atoms with Crippen molar-refractivity contribution in [2.45, 2.75) is 38.5 Å². The van der Waals surface area contributed by atoms with Crippen molar-refractivity contribution in [3.05, 3.63) is 53.1 Å². The van der Waals surface area contributed by atoms with Crippen molar-refractivity contribution < 1.29 is 23.6 Å². The number of imide groups is 2. The smallest absolute Gasteiger partial charge is 0.328 e. The molecule has 10 nitrogen and oxygen atoms in total. The van der Waals surface area contributed by atoms with E-state index in [2.05, 4.69) is 20.8 Å². The first-order valence-electron chi connectivity index (χ1n) is 11.6. The van der Waals surface area contributed by atoms with E-state index in [1.807, 2.05) is 36.9 Å². The molecule has 36 heavy (non-hydrogen) atoms. The summed E-state index contributed by atoms with van der Waals surface area (Å²) in [5, 5.41) is 9.32. The summed E-state index contributed by atoms with van der Waals surface area (Å²) >= 11 is 5.97. The zero-order chi connectivity index (χ0) is 25.2.